The molecule has 0 spiro atoms. The van der Waals surface area contributed by atoms with Gasteiger partial charge in [-0.2, -0.15) is 4.98 Å². The number of aromatic nitrogens is 5. The van der Waals surface area contributed by atoms with Crippen LogP contribution in [0.3, 0.4) is 0 Å². The predicted octanol–water partition coefficient (Wildman–Crippen LogP) is 2.21. The van der Waals surface area contributed by atoms with Gasteiger partial charge in [0.15, 0.2) is 21.4 Å². The number of furan rings is 1. The van der Waals surface area contributed by atoms with Crippen LogP contribution in [0.4, 0.5) is 5.95 Å². The van der Waals surface area contributed by atoms with Crippen molar-refractivity contribution in [3.63, 3.8) is 0 Å². The summed E-state index contributed by atoms with van der Waals surface area (Å²) in [5.74, 6) is 2.48. The standard InChI is InChI=1S/C26H30N6O7S/c1-16-8-9-21(39-16)25-30-29-22(32(25)24-19(36-2)6-5-7-20(24)37-3)15-40(34,35)18-12-17(33)13-31(14-18)26-27-11-10-23(28-26)38-4/h5-11,17-18,33H,12-15H2,1-4H3/t17-,18+/m1/s1. The molecular formula is C26H30N6O7S. The Hall–Kier alpha value is -4.17. The third-order valence-corrected chi connectivity index (χ3v) is 8.67. The maximum Gasteiger partial charge on any atom is 0.228 e. The third-order valence-electron chi connectivity index (χ3n) is 6.65. The first-order valence-corrected chi connectivity index (χ1v) is 14.2. The molecule has 40 heavy (non-hydrogen) atoms. The fraction of sp³-hybridized carbons (Fsp3) is 0.385. The van der Waals surface area contributed by atoms with E-state index < -0.39 is 26.9 Å². The maximum absolute atomic E-state index is 13.9. The Bertz CT molecular complexity index is 1580. The van der Waals surface area contributed by atoms with Gasteiger partial charge >= 0.3 is 0 Å². The van der Waals surface area contributed by atoms with E-state index in [-0.39, 0.29) is 37.1 Å². The quantitative estimate of drug-likeness (QED) is 0.314. The van der Waals surface area contributed by atoms with Gasteiger partial charge < -0.3 is 28.6 Å². The smallest absolute Gasteiger partial charge is 0.228 e. The van der Waals surface area contributed by atoms with Crippen molar-refractivity contribution in [3.05, 3.63) is 54.2 Å². The van der Waals surface area contributed by atoms with Crippen LogP contribution in [0.1, 0.15) is 18.0 Å². The van der Waals surface area contributed by atoms with Crippen LogP contribution in [0.2, 0.25) is 0 Å². The van der Waals surface area contributed by atoms with E-state index in [0.717, 1.165) is 0 Å². The lowest BCUT2D eigenvalue weighted by Crippen LogP contribution is -2.49. The Morgan fingerprint density at radius 3 is 2.42 bits per heavy atom. The highest BCUT2D eigenvalue weighted by Crippen LogP contribution is 2.37. The van der Waals surface area contributed by atoms with Crippen molar-refractivity contribution in [2.75, 3.05) is 39.3 Å². The van der Waals surface area contributed by atoms with Gasteiger partial charge in [0.25, 0.3) is 0 Å². The molecule has 1 aliphatic heterocycles. The van der Waals surface area contributed by atoms with E-state index in [0.29, 0.717) is 34.6 Å². The average Bonchev–Trinajstić information content (AvgIpc) is 3.57. The normalized spacial score (nSPS) is 17.6. The lowest BCUT2D eigenvalue weighted by molar-refractivity contribution is 0.154. The number of β-amino-alcohol motifs (C(OH)–C–C–N with tert-alkyl or cyclic N) is 1. The number of aliphatic hydroxyl groups is 1. The maximum atomic E-state index is 13.9. The third kappa shape index (κ3) is 5.31. The van der Waals surface area contributed by atoms with Crippen LogP contribution in [-0.2, 0) is 15.6 Å². The van der Waals surface area contributed by atoms with E-state index >= 15 is 0 Å². The zero-order chi connectivity index (χ0) is 28.4. The number of sulfone groups is 1. The second-order valence-corrected chi connectivity index (χ2v) is 11.6. The minimum atomic E-state index is -3.88. The Kier molecular flexibility index (Phi) is 7.63. The van der Waals surface area contributed by atoms with E-state index in [1.54, 1.807) is 52.8 Å². The molecular weight excluding hydrogens is 540 g/mol. The van der Waals surface area contributed by atoms with Crippen molar-refractivity contribution in [1.82, 2.24) is 24.7 Å². The van der Waals surface area contributed by atoms with E-state index in [4.69, 9.17) is 18.6 Å². The van der Waals surface area contributed by atoms with Crippen molar-refractivity contribution in [2.24, 2.45) is 0 Å². The lowest BCUT2D eigenvalue weighted by atomic mass is 10.1. The van der Waals surface area contributed by atoms with Gasteiger partial charge in [0.2, 0.25) is 17.7 Å². The summed E-state index contributed by atoms with van der Waals surface area (Å²) in [4.78, 5) is 10.2. The molecule has 0 saturated carbocycles. The van der Waals surface area contributed by atoms with Crippen molar-refractivity contribution >= 4 is 15.8 Å². The number of piperidine rings is 1. The molecule has 0 bridgehead atoms. The van der Waals surface area contributed by atoms with E-state index in [2.05, 4.69) is 20.2 Å². The number of hydrogen-bond acceptors (Lipinski definition) is 12. The minimum Gasteiger partial charge on any atom is -0.494 e. The average molecular weight is 571 g/mol. The highest BCUT2D eigenvalue weighted by molar-refractivity contribution is 7.91. The Morgan fingerprint density at radius 1 is 1.02 bits per heavy atom. The number of rotatable bonds is 9. The van der Waals surface area contributed by atoms with Crippen molar-refractivity contribution in [1.29, 1.82) is 0 Å². The highest BCUT2D eigenvalue weighted by atomic mass is 32.2. The molecule has 212 valence electrons. The lowest BCUT2D eigenvalue weighted by Gasteiger charge is -2.35. The highest BCUT2D eigenvalue weighted by Gasteiger charge is 2.37. The van der Waals surface area contributed by atoms with Crippen LogP contribution in [0, 0.1) is 6.92 Å². The van der Waals surface area contributed by atoms with Crippen LogP contribution in [0.5, 0.6) is 17.4 Å². The van der Waals surface area contributed by atoms with Gasteiger partial charge in [0, 0.05) is 25.4 Å². The summed E-state index contributed by atoms with van der Waals surface area (Å²) in [6.45, 7) is 2.07. The Labute approximate surface area is 231 Å². The summed E-state index contributed by atoms with van der Waals surface area (Å²) in [6.07, 6.45) is 0.670. The molecule has 4 aromatic rings. The zero-order valence-corrected chi connectivity index (χ0v) is 23.3. The predicted molar refractivity (Wildman–Crippen MR) is 145 cm³/mol. The second-order valence-electron chi connectivity index (χ2n) is 9.32. The second kappa shape index (κ2) is 11.1. The molecule has 1 saturated heterocycles. The van der Waals surface area contributed by atoms with Crippen LogP contribution < -0.4 is 19.1 Å². The van der Waals surface area contributed by atoms with Crippen LogP contribution >= 0.6 is 0 Å². The molecule has 5 rings (SSSR count). The molecule has 13 nitrogen and oxygen atoms in total. The molecule has 0 aliphatic carbocycles. The summed E-state index contributed by atoms with van der Waals surface area (Å²) in [6, 6.07) is 10.3. The molecule has 3 aromatic heterocycles. The molecule has 0 unspecified atom stereocenters. The van der Waals surface area contributed by atoms with Gasteiger partial charge in [-0.3, -0.25) is 4.57 Å². The van der Waals surface area contributed by atoms with E-state index in [1.165, 1.54) is 27.5 Å². The molecule has 0 radical (unpaired) electrons. The zero-order valence-electron chi connectivity index (χ0n) is 22.5. The summed E-state index contributed by atoms with van der Waals surface area (Å²) in [5.41, 5.74) is 0.432. The number of anilines is 1. The molecule has 1 aliphatic rings. The number of ether oxygens (including phenoxy) is 3. The van der Waals surface area contributed by atoms with Crippen LogP contribution in [0.25, 0.3) is 17.3 Å². The number of nitrogens with zero attached hydrogens (tertiary/aromatic N) is 6. The topological polar surface area (TPSA) is 155 Å². The van der Waals surface area contributed by atoms with Crippen molar-refractivity contribution in [2.45, 2.75) is 30.5 Å². The first-order chi connectivity index (χ1) is 19.2. The van der Waals surface area contributed by atoms with Crippen LogP contribution in [0.15, 0.2) is 47.0 Å². The molecule has 1 aromatic carbocycles. The van der Waals surface area contributed by atoms with Gasteiger partial charge in [0.1, 0.15) is 28.7 Å². The SMILES string of the molecule is COc1ccnc(N2C[C@H](O)C[C@H](S(=O)(=O)Cc3nnc(-c4ccc(C)o4)n3-c3c(OC)cccc3OC)C2)n1. The van der Waals surface area contributed by atoms with Crippen LogP contribution in [-0.4, -0.2) is 84.0 Å². The largest absolute Gasteiger partial charge is 0.494 e. The molecule has 4 heterocycles. The number of methoxy groups -OCH3 is 3. The Balaban J connectivity index is 1.55. The fourth-order valence-electron chi connectivity index (χ4n) is 4.76. The number of hydrogen-bond donors (Lipinski definition) is 1. The molecule has 1 N–H and O–H groups in total. The van der Waals surface area contributed by atoms with Gasteiger partial charge in [-0.25, -0.2) is 13.4 Å². The summed E-state index contributed by atoms with van der Waals surface area (Å²) in [5, 5.41) is 18.3. The summed E-state index contributed by atoms with van der Waals surface area (Å²) < 4.78 is 51.5. The van der Waals surface area contributed by atoms with Gasteiger partial charge in [-0.05, 0) is 37.6 Å². The van der Waals surface area contributed by atoms with Crippen molar-refractivity contribution < 1.29 is 32.2 Å². The number of aliphatic hydroxyl groups excluding tert-OH is 1. The van der Waals surface area contributed by atoms with Crippen molar-refractivity contribution in [3.8, 4) is 34.7 Å². The molecule has 2 atom stereocenters. The summed E-state index contributed by atoms with van der Waals surface area (Å²) in [7, 11) is 0.615. The number of benzene rings is 1. The Morgan fingerprint density at radius 2 is 1.77 bits per heavy atom. The molecule has 14 heteroatoms. The van der Waals surface area contributed by atoms with E-state index in [9.17, 15) is 13.5 Å². The number of para-hydroxylation sites is 1. The molecule has 0 amide bonds. The summed E-state index contributed by atoms with van der Waals surface area (Å²) >= 11 is 0. The first kappa shape index (κ1) is 27.4. The minimum absolute atomic E-state index is 0.0547. The molecule has 1 fully saturated rings. The van der Waals surface area contributed by atoms with Gasteiger partial charge in [0.05, 0.1) is 32.7 Å². The van der Waals surface area contributed by atoms with Gasteiger partial charge in [-0.15, -0.1) is 10.2 Å². The van der Waals surface area contributed by atoms with Gasteiger partial charge in [-0.1, -0.05) is 6.07 Å². The fourth-order valence-corrected chi connectivity index (χ4v) is 6.46. The van der Waals surface area contributed by atoms with E-state index in [1.807, 2.05) is 0 Å². The first-order valence-electron chi connectivity index (χ1n) is 12.5. The number of aryl methyl sites for hydroxylation is 1. The monoisotopic (exact) mass is 570 g/mol.